The van der Waals surface area contributed by atoms with Crippen molar-refractivity contribution in [3.05, 3.63) is 68.8 Å². The van der Waals surface area contributed by atoms with Gasteiger partial charge in [0, 0.05) is 26.8 Å². The Bertz CT molecular complexity index is 1010. The number of carbonyl (C=O) groups is 1. The number of aromatic nitrogens is 1. The second-order valence-electron chi connectivity index (χ2n) is 6.34. The predicted octanol–water partition coefficient (Wildman–Crippen LogP) is 5.59. The van der Waals surface area contributed by atoms with E-state index in [1.807, 2.05) is 31.2 Å². The van der Waals surface area contributed by atoms with E-state index in [-0.39, 0.29) is 5.91 Å². The summed E-state index contributed by atoms with van der Waals surface area (Å²) in [7, 11) is 0. The van der Waals surface area contributed by atoms with Gasteiger partial charge in [-0.1, -0.05) is 29.3 Å². The molecule has 126 valence electrons. The van der Waals surface area contributed by atoms with Gasteiger partial charge in [-0.2, -0.15) is 0 Å². The number of nitrogens with zero attached hydrogens (tertiary/aromatic N) is 1. The molecule has 1 amide bonds. The third-order valence-electron chi connectivity index (χ3n) is 4.65. The summed E-state index contributed by atoms with van der Waals surface area (Å²) in [6, 6.07) is 11.0. The molecule has 4 rings (SSSR count). The van der Waals surface area contributed by atoms with Crippen LogP contribution in [0.4, 0.5) is 5.69 Å². The van der Waals surface area contributed by atoms with Crippen molar-refractivity contribution in [3.63, 3.8) is 0 Å². The zero-order valence-electron chi connectivity index (χ0n) is 13.7. The van der Waals surface area contributed by atoms with Crippen LogP contribution >= 0.6 is 23.2 Å². The molecule has 0 spiro atoms. The van der Waals surface area contributed by atoms with Crippen molar-refractivity contribution >= 4 is 45.7 Å². The molecule has 1 N–H and O–H groups in total. The number of hydrogen-bond donors (Lipinski definition) is 1. The third-order valence-corrected chi connectivity index (χ3v) is 5.12. The number of carbonyl (C=O) groups excluding carboxylic acids is 1. The van der Waals surface area contributed by atoms with Gasteiger partial charge in [-0.15, -0.1) is 0 Å². The molecule has 5 heteroatoms. The van der Waals surface area contributed by atoms with Crippen LogP contribution in [0.25, 0.3) is 10.9 Å². The van der Waals surface area contributed by atoms with E-state index >= 15 is 0 Å². The molecule has 0 radical (unpaired) electrons. The molecule has 0 saturated heterocycles. The van der Waals surface area contributed by atoms with Crippen molar-refractivity contribution in [2.45, 2.75) is 26.2 Å². The Balaban J connectivity index is 1.86. The molecule has 1 heterocycles. The first-order chi connectivity index (χ1) is 12.0. The van der Waals surface area contributed by atoms with Gasteiger partial charge < -0.3 is 5.32 Å². The Kier molecular flexibility index (Phi) is 4.14. The zero-order chi connectivity index (χ0) is 17.6. The van der Waals surface area contributed by atoms with Crippen LogP contribution in [-0.4, -0.2) is 10.9 Å². The van der Waals surface area contributed by atoms with Crippen molar-refractivity contribution in [2.75, 3.05) is 5.32 Å². The lowest BCUT2D eigenvalue weighted by Gasteiger charge is -2.14. The zero-order valence-corrected chi connectivity index (χ0v) is 15.2. The van der Waals surface area contributed by atoms with Crippen LogP contribution in [0.15, 0.2) is 36.4 Å². The van der Waals surface area contributed by atoms with Crippen molar-refractivity contribution in [2.24, 2.45) is 0 Å². The molecular formula is C20H16Cl2N2O. The van der Waals surface area contributed by atoms with Gasteiger partial charge >= 0.3 is 0 Å². The second-order valence-corrected chi connectivity index (χ2v) is 7.21. The molecule has 1 aliphatic rings. The highest BCUT2D eigenvalue weighted by atomic mass is 35.5. The van der Waals surface area contributed by atoms with Gasteiger partial charge in [0.2, 0.25) is 0 Å². The van der Waals surface area contributed by atoms with Gasteiger partial charge in [0.25, 0.3) is 5.91 Å². The van der Waals surface area contributed by atoms with E-state index in [9.17, 15) is 4.79 Å². The highest BCUT2D eigenvalue weighted by Gasteiger charge is 2.24. The largest absolute Gasteiger partial charge is 0.322 e. The average Bonchev–Trinajstić information content (AvgIpc) is 3.03. The minimum absolute atomic E-state index is 0.141. The van der Waals surface area contributed by atoms with E-state index in [0.717, 1.165) is 52.7 Å². The number of rotatable bonds is 2. The molecule has 0 saturated carbocycles. The average molecular weight is 371 g/mol. The fourth-order valence-corrected chi connectivity index (χ4v) is 3.75. The summed E-state index contributed by atoms with van der Waals surface area (Å²) in [5.41, 5.74) is 5.22. The minimum atomic E-state index is -0.141. The highest BCUT2D eigenvalue weighted by molar-refractivity contribution is 6.32. The maximum absolute atomic E-state index is 13.1. The van der Waals surface area contributed by atoms with E-state index in [1.54, 1.807) is 12.1 Å². The Hall–Kier alpha value is -2.10. The Morgan fingerprint density at radius 3 is 2.68 bits per heavy atom. The number of nitrogens with one attached hydrogen (secondary N) is 1. The lowest BCUT2D eigenvalue weighted by molar-refractivity contribution is 0.102. The third kappa shape index (κ3) is 2.99. The van der Waals surface area contributed by atoms with Crippen molar-refractivity contribution < 1.29 is 4.79 Å². The molecule has 1 aromatic heterocycles. The normalized spacial score (nSPS) is 13.1. The number of fused-ring (bicyclic) bond motifs is 2. The maximum atomic E-state index is 13.1. The highest BCUT2D eigenvalue weighted by Crippen LogP contribution is 2.32. The van der Waals surface area contributed by atoms with Crippen LogP contribution in [0.2, 0.25) is 10.0 Å². The number of amides is 1. The van der Waals surface area contributed by atoms with Gasteiger partial charge in [0.1, 0.15) is 0 Å². The first-order valence-corrected chi connectivity index (χ1v) is 8.97. The van der Waals surface area contributed by atoms with E-state index in [1.165, 1.54) is 0 Å². The molecule has 0 bridgehead atoms. The fraction of sp³-hybridized carbons (Fsp3) is 0.200. The van der Waals surface area contributed by atoms with Crippen LogP contribution in [0.5, 0.6) is 0 Å². The van der Waals surface area contributed by atoms with Crippen LogP contribution in [0.3, 0.4) is 0 Å². The summed E-state index contributed by atoms with van der Waals surface area (Å²) in [4.78, 5) is 17.9. The SMILES string of the molecule is Cc1ccc(Cl)cc1NC(=O)c1c2c(nc3ccc(Cl)cc13)CCC2. The lowest BCUT2D eigenvalue weighted by Crippen LogP contribution is -2.16. The summed E-state index contributed by atoms with van der Waals surface area (Å²) in [5, 5.41) is 5.00. The quantitative estimate of drug-likeness (QED) is 0.638. The number of pyridine rings is 1. The monoisotopic (exact) mass is 370 g/mol. The van der Waals surface area contributed by atoms with E-state index in [2.05, 4.69) is 5.32 Å². The molecule has 0 atom stereocenters. The molecule has 2 aromatic carbocycles. The van der Waals surface area contributed by atoms with Gasteiger partial charge in [-0.25, -0.2) is 0 Å². The summed E-state index contributed by atoms with van der Waals surface area (Å²) < 4.78 is 0. The van der Waals surface area contributed by atoms with E-state index < -0.39 is 0 Å². The topological polar surface area (TPSA) is 42.0 Å². The minimum Gasteiger partial charge on any atom is -0.322 e. The Morgan fingerprint density at radius 1 is 1.08 bits per heavy atom. The second kappa shape index (κ2) is 6.32. The summed E-state index contributed by atoms with van der Waals surface area (Å²) in [6.07, 6.45) is 2.79. The lowest BCUT2D eigenvalue weighted by atomic mass is 10.00. The maximum Gasteiger partial charge on any atom is 0.256 e. The standard InChI is InChI=1S/C20H16Cl2N2O/c1-11-5-6-13(22)10-18(11)24-20(25)19-14-3-2-4-16(14)23-17-8-7-12(21)9-15(17)19/h5-10H,2-4H2,1H3,(H,24,25). The van der Waals surface area contributed by atoms with Crippen molar-refractivity contribution in [1.29, 1.82) is 0 Å². The number of halogens is 2. The summed E-state index contributed by atoms with van der Waals surface area (Å²) in [5.74, 6) is -0.141. The number of hydrogen-bond acceptors (Lipinski definition) is 2. The molecule has 0 aliphatic heterocycles. The van der Waals surface area contributed by atoms with Gasteiger partial charge in [-0.3, -0.25) is 9.78 Å². The number of aryl methyl sites for hydroxylation is 2. The molecule has 3 aromatic rings. The Morgan fingerprint density at radius 2 is 1.84 bits per heavy atom. The molecule has 25 heavy (non-hydrogen) atoms. The molecule has 0 unspecified atom stereocenters. The van der Waals surface area contributed by atoms with Crippen LogP contribution in [0.1, 0.15) is 33.6 Å². The number of anilines is 1. The molecule has 3 nitrogen and oxygen atoms in total. The van der Waals surface area contributed by atoms with Crippen molar-refractivity contribution in [3.8, 4) is 0 Å². The van der Waals surface area contributed by atoms with Gasteiger partial charge in [0.05, 0.1) is 11.1 Å². The molecular weight excluding hydrogens is 355 g/mol. The molecule has 0 fully saturated rings. The van der Waals surface area contributed by atoms with Crippen LogP contribution < -0.4 is 5.32 Å². The van der Waals surface area contributed by atoms with Crippen molar-refractivity contribution in [1.82, 2.24) is 4.98 Å². The predicted molar refractivity (Wildman–Crippen MR) is 103 cm³/mol. The van der Waals surface area contributed by atoms with Gasteiger partial charge in [-0.05, 0) is 67.6 Å². The first-order valence-electron chi connectivity index (χ1n) is 8.21. The Labute approximate surface area is 156 Å². The van der Waals surface area contributed by atoms with Crippen LogP contribution in [-0.2, 0) is 12.8 Å². The van der Waals surface area contributed by atoms with E-state index in [4.69, 9.17) is 28.2 Å². The summed E-state index contributed by atoms with van der Waals surface area (Å²) >= 11 is 12.3. The smallest absolute Gasteiger partial charge is 0.256 e. The van der Waals surface area contributed by atoms with Crippen LogP contribution in [0, 0.1) is 6.92 Å². The van der Waals surface area contributed by atoms with Gasteiger partial charge in [0.15, 0.2) is 0 Å². The van der Waals surface area contributed by atoms with E-state index in [0.29, 0.717) is 15.6 Å². The molecule has 1 aliphatic carbocycles. The summed E-state index contributed by atoms with van der Waals surface area (Å²) in [6.45, 7) is 1.94. The fourth-order valence-electron chi connectivity index (χ4n) is 3.41. The number of benzene rings is 2. The first kappa shape index (κ1) is 16.4.